The Hall–Kier alpha value is -2.45. The van der Waals surface area contributed by atoms with Gasteiger partial charge < -0.3 is 9.84 Å². The van der Waals surface area contributed by atoms with Crippen molar-refractivity contribution in [3.63, 3.8) is 0 Å². The highest BCUT2D eigenvalue weighted by molar-refractivity contribution is 7.89. The minimum Gasteiger partial charge on any atom is -0.360 e. The number of carbonyl (C=O) groups is 1. The molecule has 0 spiro atoms. The number of carbonyl (C=O) groups excluding carboxylic acids is 1. The molecule has 1 aromatic carbocycles. The second kappa shape index (κ2) is 6.54. The third-order valence-electron chi connectivity index (χ3n) is 2.71. The third-order valence-corrected chi connectivity index (χ3v) is 4.15. The van der Waals surface area contributed by atoms with Gasteiger partial charge in [0.25, 0.3) is 5.91 Å². The van der Waals surface area contributed by atoms with Gasteiger partial charge in [-0.2, -0.15) is 0 Å². The fourth-order valence-electron chi connectivity index (χ4n) is 1.65. The lowest BCUT2D eigenvalue weighted by Gasteiger charge is -2.06. The number of nitrogens with one attached hydrogen (secondary N) is 2. The average molecular weight is 321 g/mol. The Morgan fingerprint density at radius 2 is 2.05 bits per heavy atom. The summed E-state index contributed by atoms with van der Waals surface area (Å²) in [6.07, 6.45) is 1.44. The second-order valence-corrected chi connectivity index (χ2v) is 6.21. The molecular weight excluding hydrogens is 306 g/mol. The number of hydrogen-bond acceptors (Lipinski definition) is 5. The fourth-order valence-corrected chi connectivity index (χ4v) is 2.65. The number of aryl methyl sites for hydroxylation is 1. The van der Waals surface area contributed by atoms with E-state index in [1.807, 2.05) is 0 Å². The SMILES string of the molecule is C=CCNS(=O)(=O)c1ccc(C(=O)Nc2cc(C)on2)cc1. The van der Waals surface area contributed by atoms with Gasteiger partial charge in [0, 0.05) is 18.2 Å². The molecule has 0 saturated heterocycles. The quantitative estimate of drug-likeness (QED) is 0.789. The van der Waals surface area contributed by atoms with Crippen LogP contribution in [-0.2, 0) is 10.0 Å². The number of nitrogens with zero attached hydrogens (tertiary/aromatic N) is 1. The van der Waals surface area contributed by atoms with Crippen molar-refractivity contribution in [2.45, 2.75) is 11.8 Å². The molecule has 1 amide bonds. The van der Waals surface area contributed by atoms with E-state index in [9.17, 15) is 13.2 Å². The first kappa shape index (κ1) is 15.9. The van der Waals surface area contributed by atoms with E-state index in [4.69, 9.17) is 4.52 Å². The van der Waals surface area contributed by atoms with Crippen LogP contribution in [0, 0.1) is 6.92 Å². The van der Waals surface area contributed by atoms with Crippen LogP contribution in [0.15, 0.2) is 52.4 Å². The van der Waals surface area contributed by atoms with Gasteiger partial charge in [0.2, 0.25) is 10.0 Å². The summed E-state index contributed by atoms with van der Waals surface area (Å²) in [6, 6.07) is 7.13. The highest BCUT2D eigenvalue weighted by Gasteiger charge is 2.14. The van der Waals surface area contributed by atoms with Crippen LogP contribution in [0.1, 0.15) is 16.1 Å². The van der Waals surface area contributed by atoms with Crippen molar-refractivity contribution in [3.8, 4) is 0 Å². The molecule has 7 nitrogen and oxygen atoms in total. The van der Waals surface area contributed by atoms with Crippen LogP contribution in [-0.4, -0.2) is 26.0 Å². The lowest BCUT2D eigenvalue weighted by atomic mass is 10.2. The number of sulfonamides is 1. The van der Waals surface area contributed by atoms with E-state index in [1.54, 1.807) is 13.0 Å². The summed E-state index contributed by atoms with van der Waals surface area (Å²) >= 11 is 0. The van der Waals surface area contributed by atoms with Crippen molar-refractivity contribution < 1.29 is 17.7 Å². The molecular formula is C14H15N3O4S. The van der Waals surface area contributed by atoms with E-state index in [2.05, 4.69) is 21.8 Å². The normalized spacial score (nSPS) is 11.1. The Balaban J connectivity index is 2.11. The molecule has 0 radical (unpaired) electrons. The van der Waals surface area contributed by atoms with Crippen molar-refractivity contribution in [3.05, 3.63) is 54.3 Å². The summed E-state index contributed by atoms with van der Waals surface area (Å²) in [5.74, 6) is 0.466. The zero-order chi connectivity index (χ0) is 16.2. The fraction of sp³-hybridized carbons (Fsp3) is 0.143. The van der Waals surface area contributed by atoms with Crippen LogP contribution >= 0.6 is 0 Å². The molecule has 116 valence electrons. The molecule has 0 unspecified atom stereocenters. The minimum atomic E-state index is -3.60. The van der Waals surface area contributed by atoms with Crippen molar-refractivity contribution >= 4 is 21.7 Å². The zero-order valence-corrected chi connectivity index (χ0v) is 12.7. The lowest BCUT2D eigenvalue weighted by Crippen LogP contribution is -2.23. The largest absolute Gasteiger partial charge is 0.360 e. The Morgan fingerprint density at radius 3 is 2.59 bits per heavy atom. The van der Waals surface area contributed by atoms with Gasteiger partial charge >= 0.3 is 0 Å². The number of hydrogen-bond donors (Lipinski definition) is 2. The van der Waals surface area contributed by atoms with E-state index in [0.29, 0.717) is 17.1 Å². The van der Waals surface area contributed by atoms with E-state index >= 15 is 0 Å². The molecule has 2 aromatic rings. The lowest BCUT2D eigenvalue weighted by molar-refractivity contribution is 0.102. The van der Waals surface area contributed by atoms with Crippen LogP contribution in [0.25, 0.3) is 0 Å². The van der Waals surface area contributed by atoms with Crippen LogP contribution in [0.4, 0.5) is 5.82 Å². The smallest absolute Gasteiger partial charge is 0.256 e. The summed E-state index contributed by atoms with van der Waals surface area (Å²) in [5.41, 5.74) is 0.309. The van der Waals surface area contributed by atoms with Gasteiger partial charge in [-0.15, -0.1) is 6.58 Å². The van der Waals surface area contributed by atoms with Gasteiger partial charge in [-0.25, -0.2) is 13.1 Å². The highest BCUT2D eigenvalue weighted by Crippen LogP contribution is 2.13. The highest BCUT2D eigenvalue weighted by atomic mass is 32.2. The minimum absolute atomic E-state index is 0.0724. The van der Waals surface area contributed by atoms with Crippen molar-refractivity contribution in [1.29, 1.82) is 0 Å². The third kappa shape index (κ3) is 3.80. The first-order valence-electron chi connectivity index (χ1n) is 6.37. The van der Waals surface area contributed by atoms with Crippen LogP contribution < -0.4 is 10.0 Å². The van der Waals surface area contributed by atoms with Gasteiger partial charge in [-0.3, -0.25) is 4.79 Å². The summed E-state index contributed by atoms with van der Waals surface area (Å²) < 4.78 is 31.0. The number of amides is 1. The topological polar surface area (TPSA) is 101 Å². The maximum absolute atomic E-state index is 12.0. The van der Waals surface area contributed by atoms with E-state index in [1.165, 1.54) is 30.3 Å². The molecule has 0 fully saturated rings. The Bertz CT molecular complexity index is 779. The standard InChI is InChI=1S/C14H15N3O4S/c1-3-8-15-22(19,20)12-6-4-11(5-7-12)14(18)16-13-9-10(2)21-17-13/h3-7,9,15H,1,8H2,2H3,(H,16,17,18). The Kier molecular flexibility index (Phi) is 4.74. The molecule has 22 heavy (non-hydrogen) atoms. The van der Waals surface area contributed by atoms with Gasteiger partial charge in [0.05, 0.1) is 4.90 Å². The molecule has 0 bridgehead atoms. The van der Waals surface area contributed by atoms with Gasteiger partial charge in [0.1, 0.15) is 5.76 Å². The molecule has 1 aromatic heterocycles. The molecule has 0 saturated carbocycles. The summed E-state index contributed by atoms with van der Waals surface area (Å²) in [6.45, 7) is 5.28. The summed E-state index contributed by atoms with van der Waals surface area (Å²) in [7, 11) is -3.60. The van der Waals surface area contributed by atoms with Gasteiger partial charge in [-0.1, -0.05) is 11.2 Å². The molecule has 0 atom stereocenters. The van der Waals surface area contributed by atoms with E-state index in [-0.39, 0.29) is 11.4 Å². The number of anilines is 1. The Labute approximate surface area is 128 Å². The van der Waals surface area contributed by atoms with Crippen LogP contribution in [0.3, 0.4) is 0 Å². The van der Waals surface area contributed by atoms with Crippen molar-refractivity contribution in [2.75, 3.05) is 11.9 Å². The monoisotopic (exact) mass is 321 g/mol. The number of rotatable bonds is 6. The van der Waals surface area contributed by atoms with Crippen molar-refractivity contribution in [1.82, 2.24) is 9.88 Å². The van der Waals surface area contributed by atoms with Crippen molar-refractivity contribution in [2.24, 2.45) is 0 Å². The Morgan fingerprint density at radius 1 is 1.36 bits per heavy atom. The maximum Gasteiger partial charge on any atom is 0.256 e. The molecule has 8 heteroatoms. The predicted octanol–water partition coefficient (Wildman–Crippen LogP) is 1.70. The first-order chi connectivity index (χ1) is 10.4. The molecule has 1 heterocycles. The molecule has 0 aliphatic carbocycles. The van der Waals surface area contributed by atoms with Crippen LogP contribution in [0.5, 0.6) is 0 Å². The number of aromatic nitrogens is 1. The zero-order valence-electron chi connectivity index (χ0n) is 11.9. The number of benzene rings is 1. The van der Waals surface area contributed by atoms with Gasteiger partial charge in [0.15, 0.2) is 5.82 Å². The second-order valence-electron chi connectivity index (χ2n) is 4.44. The van der Waals surface area contributed by atoms with E-state index < -0.39 is 15.9 Å². The molecule has 0 aliphatic heterocycles. The van der Waals surface area contributed by atoms with E-state index in [0.717, 1.165) is 0 Å². The summed E-state index contributed by atoms with van der Waals surface area (Å²) in [4.78, 5) is 12.1. The predicted molar refractivity (Wildman–Crippen MR) is 81.0 cm³/mol. The molecule has 2 rings (SSSR count). The molecule has 2 N–H and O–H groups in total. The average Bonchev–Trinajstić information content (AvgIpc) is 2.90. The van der Waals surface area contributed by atoms with Crippen LogP contribution in [0.2, 0.25) is 0 Å². The van der Waals surface area contributed by atoms with Gasteiger partial charge in [-0.05, 0) is 31.2 Å². The maximum atomic E-state index is 12.0. The molecule has 0 aliphatic rings. The summed E-state index contributed by atoms with van der Waals surface area (Å²) in [5, 5.41) is 6.20. The first-order valence-corrected chi connectivity index (χ1v) is 7.86.